The van der Waals surface area contributed by atoms with E-state index in [1.54, 1.807) is 0 Å². The van der Waals surface area contributed by atoms with Crippen LogP contribution < -0.4 is 0 Å². The van der Waals surface area contributed by atoms with Crippen molar-refractivity contribution in [3.05, 3.63) is 58.8 Å². The summed E-state index contributed by atoms with van der Waals surface area (Å²) in [6.45, 7) is 0. The minimum absolute atomic E-state index is 0.350. The summed E-state index contributed by atoms with van der Waals surface area (Å²) in [5.74, 6) is -1.83. The molecule has 0 atom stereocenters. The summed E-state index contributed by atoms with van der Waals surface area (Å²) < 4.78 is 26.9. The average Bonchev–Trinajstić information content (AvgIpc) is 3.21. The van der Waals surface area contributed by atoms with Crippen LogP contribution in [-0.2, 0) is 0 Å². The van der Waals surface area contributed by atoms with E-state index in [0.717, 1.165) is 21.9 Å². The second-order valence-electron chi connectivity index (χ2n) is 4.63. The molecule has 0 amide bonds. The molecule has 0 aliphatic heterocycles. The van der Waals surface area contributed by atoms with Crippen LogP contribution in [0.3, 0.4) is 0 Å². The van der Waals surface area contributed by atoms with Gasteiger partial charge < -0.3 is 0 Å². The SMILES string of the molecule is Fc1cc2nc(-c3cccs3)c(-c3cccs3)nc2cc1F. The maximum atomic E-state index is 13.5. The van der Waals surface area contributed by atoms with Crippen molar-refractivity contribution in [3.63, 3.8) is 0 Å². The van der Waals surface area contributed by atoms with Gasteiger partial charge in [-0.05, 0) is 22.9 Å². The minimum Gasteiger partial charge on any atom is -0.243 e. The average molecular weight is 330 g/mol. The highest BCUT2D eigenvalue weighted by Crippen LogP contribution is 2.35. The van der Waals surface area contributed by atoms with Crippen LogP contribution in [0.25, 0.3) is 32.2 Å². The van der Waals surface area contributed by atoms with Gasteiger partial charge in [0.05, 0.1) is 20.8 Å². The Hall–Kier alpha value is -2.18. The highest BCUT2D eigenvalue weighted by atomic mass is 32.1. The molecule has 0 N–H and O–H groups in total. The van der Waals surface area contributed by atoms with Crippen molar-refractivity contribution in [2.45, 2.75) is 0 Å². The molecule has 0 aliphatic carbocycles. The predicted molar refractivity (Wildman–Crippen MR) is 86.1 cm³/mol. The van der Waals surface area contributed by atoms with Gasteiger partial charge in [-0.3, -0.25) is 0 Å². The number of nitrogens with zero attached hydrogens (tertiary/aromatic N) is 2. The number of fused-ring (bicyclic) bond motifs is 1. The number of aromatic nitrogens is 2. The van der Waals surface area contributed by atoms with Gasteiger partial charge in [-0.25, -0.2) is 18.7 Å². The van der Waals surface area contributed by atoms with Gasteiger partial charge in [0.1, 0.15) is 11.4 Å². The van der Waals surface area contributed by atoms with Crippen molar-refractivity contribution in [2.24, 2.45) is 0 Å². The molecule has 6 heteroatoms. The van der Waals surface area contributed by atoms with Gasteiger partial charge in [0, 0.05) is 12.1 Å². The zero-order valence-corrected chi connectivity index (χ0v) is 12.7. The lowest BCUT2D eigenvalue weighted by atomic mass is 10.2. The summed E-state index contributed by atoms with van der Waals surface area (Å²) in [6.07, 6.45) is 0. The first-order valence-electron chi connectivity index (χ1n) is 6.47. The van der Waals surface area contributed by atoms with E-state index in [4.69, 9.17) is 0 Å². The van der Waals surface area contributed by atoms with Gasteiger partial charge in [-0.1, -0.05) is 12.1 Å². The third kappa shape index (κ3) is 2.20. The number of hydrogen-bond acceptors (Lipinski definition) is 4. The molecule has 3 aromatic heterocycles. The van der Waals surface area contributed by atoms with Crippen molar-refractivity contribution in [1.29, 1.82) is 0 Å². The smallest absolute Gasteiger partial charge is 0.161 e. The number of halogens is 2. The molecule has 22 heavy (non-hydrogen) atoms. The van der Waals surface area contributed by atoms with E-state index in [2.05, 4.69) is 9.97 Å². The first-order valence-corrected chi connectivity index (χ1v) is 8.23. The van der Waals surface area contributed by atoms with Gasteiger partial charge in [0.15, 0.2) is 11.6 Å². The summed E-state index contributed by atoms with van der Waals surface area (Å²) in [6, 6.07) is 9.92. The Morgan fingerprint density at radius 1 is 0.727 bits per heavy atom. The van der Waals surface area contributed by atoms with Gasteiger partial charge in [0.2, 0.25) is 0 Å². The Balaban J connectivity index is 2.06. The Morgan fingerprint density at radius 2 is 1.18 bits per heavy atom. The second kappa shape index (κ2) is 5.23. The van der Waals surface area contributed by atoms with Gasteiger partial charge in [-0.15, -0.1) is 22.7 Å². The van der Waals surface area contributed by atoms with Crippen LogP contribution in [0.5, 0.6) is 0 Å². The van der Waals surface area contributed by atoms with Crippen LogP contribution in [0.1, 0.15) is 0 Å². The third-order valence-electron chi connectivity index (χ3n) is 3.22. The van der Waals surface area contributed by atoms with Crippen LogP contribution in [0.2, 0.25) is 0 Å². The lowest BCUT2D eigenvalue weighted by Crippen LogP contribution is -1.95. The highest BCUT2D eigenvalue weighted by molar-refractivity contribution is 7.14. The van der Waals surface area contributed by atoms with Crippen molar-refractivity contribution in [2.75, 3.05) is 0 Å². The maximum Gasteiger partial charge on any atom is 0.161 e. The number of rotatable bonds is 2. The van der Waals surface area contributed by atoms with Crippen molar-refractivity contribution < 1.29 is 8.78 Å². The molecule has 0 unspecified atom stereocenters. The van der Waals surface area contributed by atoms with Crippen LogP contribution in [0.4, 0.5) is 8.78 Å². The molecular weight excluding hydrogens is 322 g/mol. The molecule has 0 spiro atoms. The molecule has 3 heterocycles. The summed E-state index contributed by atoms with van der Waals surface area (Å²) in [4.78, 5) is 10.9. The molecule has 108 valence electrons. The largest absolute Gasteiger partial charge is 0.243 e. The minimum atomic E-state index is -0.914. The van der Waals surface area contributed by atoms with E-state index in [0.29, 0.717) is 22.4 Å². The van der Waals surface area contributed by atoms with Gasteiger partial charge >= 0.3 is 0 Å². The molecule has 0 aliphatic rings. The number of benzene rings is 1. The standard InChI is InChI=1S/C16H8F2N2S2/c17-9-7-11-12(8-10(9)18)20-16(14-4-2-6-22-14)15(19-11)13-3-1-5-21-13/h1-8H. The topological polar surface area (TPSA) is 25.8 Å². The zero-order valence-electron chi connectivity index (χ0n) is 11.1. The zero-order chi connectivity index (χ0) is 15.1. The van der Waals surface area contributed by atoms with Gasteiger partial charge in [0.25, 0.3) is 0 Å². The third-order valence-corrected chi connectivity index (χ3v) is 4.97. The predicted octanol–water partition coefficient (Wildman–Crippen LogP) is 5.37. The van der Waals surface area contributed by atoms with Crippen molar-refractivity contribution in [3.8, 4) is 21.1 Å². The van der Waals surface area contributed by atoms with Crippen LogP contribution in [0.15, 0.2) is 47.2 Å². The molecular formula is C16H8F2N2S2. The van der Waals surface area contributed by atoms with Crippen LogP contribution >= 0.6 is 22.7 Å². The Labute approximate surface area is 132 Å². The van der Waals surface area contributed by atoms with Crippen molar-refractivity contribution in [1.82, 2.24) is 9.97 Å². The first kappa shape index (κ1) is 13.5. The number of thiophene rings is 2. The molecule has 0 bridgehead atoms. The first-order chi connectivity index (χ1) is 10.7. The summed E-state index contributed by atoms with van der Waals surface area (Å²) in [5, 5.41) is 3.90. The van der Waals surface area contributed by atoms with Gasteiger partial charge in [-0.2, -0.15) is 0 Å². The molecule has 0 saturated carbocycles. The molecule has 0 saturated heterocycles. The fraction of sp³-hybridized carbons (Fsp3) is 0. The molecule has 0 fully saturated rings. The molecule has 4 aromatic rings. The summed E-state index contributed by atoms with van der Waals surface area (Å²) >= 11 is 3.08. The molecule has 1 aromatic carbocycles. The lowest BCUT2D eigenvalue weighted by molar-refractivity contribution is 0.510. The monoisotopic (exact) mass is 330 g/mol. The van der Waals surface area contributed by atoms with Crippen molar-refractivity contribution >= 4 is 33.7 Å². The Kier molecular flexibility index (Phi) is 3.20. The quantitative estimate of drug-likeness (QED) is 0.494. The molecule has 4 rings (SSSR count). The van der Waals surface area contributed by atoms with E-state index in [1.807, 2.05) is 35.0 Å². The maximum absolute atomic E-state index is 13.5. The summed E-state index contributed by atoms with van der Waals surface area (Å²) in [7, 11) is 0. The number of hydrogen-bond donors (Lipinski definition) is 0. The van der Waals surface area contributed by atoms with E-state index >= 15 is 0 Å². The fourth-order valence-corrected chi connectivity index (χ4v) is 3.65. The lowest BCUT2D eigenvalue weighted by Gasteiger charge is -2.07. The summed E-state index contributed by atoms with van der Waals surface area (Å²) in [5.41, 5.74) is 2.08. The van der Waals surface area contributed by atoms with E-state index in [-0.39, 0.29) is 0 Å². The molecule has 2 nitrogen and oxygen atoms in total. The van der Waals surface area contributed by atoms with E-state index < -0.39 is 11.6 Å². The molecule has 0 radical (unpaired) electrons. The Bertz CT molecular complexity index is 869. The van der Waals surface area contributed by atoms with E-state index in [9.17, 15) is 8.78 Å². The van der Waals surface area contributed by atoms with E-state index in [1.165, 1.54) is 22.7 Å². The Morgan fingerprint density at radius 3 is 1.55 bits per heavy atom. The van der Waals surface area contributed by atoms with Crippen LogP contribution in [-0.4, -0.2) is 9.97 Å². The fourth-order valence-electron chi connectivity index (χ4n) is 2.22. The second-order valence-corrected chi connectivity index (χ2v) is 6.53. The normalized spacial score (nSPS) is 11.2. The van der Waals surface area contributed by atoms with Crippen LogP contribution in [0, 0.1) is 11.6 Å². The highest BCUT2D eigenvalue weighted by Gasteiger charge is 2.16.